The highest BCUT2D eigenvalue weighted by atomic mass is 19.4. The maximum Gasteiger partial charge on any atom is 0.435 e. The quantitative estimate of drug-likeness (QED) is 0.402. The summed E-state index contributed by atoms with van der Waals surface area (Å²) in [5.41, 5.74) is -1.56. The number of anilines is 2. The first-order valence-electron chi connectivity index (χ1n) is 10.9. The summed E-state index contributed by atoms with van der Waals surface area (Å²) in [6.07, 6.45) is -12.0. The Balaban J connectivity index is 2.53. The minimum atomic E-state index is -6.24. The fourth-order valence-corrected chi connectivity index (χ4v) is 3.86. The number of carbonyl (C=O) groups excluding carboxylic acids is 2. The number of rotatable bonds is 9. The standard InChI is InChI=1S/C24H26F7N3O2/c1-4-10-34(21(36)16-6-5-7-18(13-16)33-9-8-19(32)35)20-14(2)11-17(12-15(20)3)22(25,23(26,27)28)24(29,30)31/h5-7,11-13,33H,4,8-10H2,1-3H3,(H2,32,35). The molecule has 12 heteroatoms. The van der Waals surface area contributed by atoms with Gasteiger partial charge in [0.05, 0.1) is 0 Å². The lowest BCUT2D eigenvalue weighted by atomic mass is 9.90. The highest BCUT2D eigenvalue weighted by molar-refractivity contribution is 6.07. The minimum absolute atomic E-state index is 0.0524. The van der Waals surface area contributed by atoms with Gasteiger partial charge >= 0.3 is 18.0 Å². The highest BCUT2D eigenvalue weighted by Gasteiger charge is 2.73. The normalized spacial score (nSPS) is 12.4. The largest absolute Gasteiger partial charge is 0.435 e. The molecule has 0 saturated carbocycles. The average molecular weight is 521 g/mol. The second-order valence-corrected chi connectivity index (χ2v) is 8.29. The first-order chi connectivity index (χ1) is 16.5. The van der Waals surface area contributed by atoms with Gasteiger partial charge in [-0.3, -0.25) is 9.59 Å². The van der Waals surface area contributed by atoms with Gasteiger partial charge in [0.1, 0.15) is 0 Å². The lowest BCUT2D eigenvalue weighted by Gasteiger charge is -2.32. The van der Waals surface area contributed by atoms with E-state index >= 15 is 0 Å². The van der Waals surface area contributed by atoms with Crippen molar-refractivity contribution in [3.63, 3.8) is 0 Å². The zero-order valence-electron chi connectivity index (χ0n) is 19.8. The lowest BCUT2D eigenvalue weighted by molar-refractivity contribution is -0.348. The number of aryl methyl sites for hydroxylation is 2. The number of nitrogens with two attached hydrogens (primary N) is 1. The van der Waals surface area contributed by atoms with Crippen molar-refractivity contribution in [3.05, 3.63) is 58.7 Å². The van der Waals surface area contributed by atoms with Gasteiger partial charge in [0.2, 0.25) is 5.91 Å². The molecular formula is C24H26F7N3O2. The molecule has 0 atom stereocenters. The Labute approximate surface area is 203 Å². The third-order valence-corrected chi connectivity index (χ3v) is 5.44. The third kappa shape index (κ3) is 5.90. The van der Waals surface area contributed by atoms with E-state index in [1.165, 1.54) is 30.9 Å². The van der Waals surface area contributed by atoms with Crippen LogP contribution < -0.4 is 16.0 Å². The molecule has 0 aliphatic carbocycles. The molecular weight excluding hydrogens is 495 g/mol. The number of amides is 2. The smallest absolute Gasteiger partial charge is 0.385 e. The number of primary amides is 1. The van der Waals surface area contributed by atoms with Gasteiger partial charge in [-0.1, -0.05) is 25.1 Å². The molecule has 0 spiro atoms. The van der Waals surface area contributed by atoms with Gasteiger partial charge in [-0.15, -0.1) is 0 Å². The molecule has 0 saturated heterocycles. The van der Waals surface area contributed by atoms with Crippen molar-refractivity contribution < 1.29 is 40.3 Å². The number of nitrogens with zero attached hydrogens (tertiary/aromatic N) is 1. The summed E-state index contributed by atoms with van der Waals surface area (Å²) >= 11 is 0. The molecule has 0 bridgehead atoms. The van der Waals surface area contributed by atoms with E-state index in [0.29, 0.717) is 24.2 Å². The number of benzene rings is 2. The predicted octanol–water partition coefficient (Wildman–Crippen LogP) is 5.94. The SMILES string of the molecule is CCCN(C(=O)c1cccc(NCCC(N)=O)c1)c1c(C)cc(C(F)(C(F)(F)F)C(F)(F)F)cc1C. The van der Waals surface area contributed by atoms with Crippen molar-refractivity contribution in [3.8, 4) is 0 Å². The molecule has 36 heavy (non-hydrogen) atoms. The van der Waals surface area contributed by atoms with E-state index in [1.54, 1.807) is 19.1 Å². The third-order valence-electron chi connectivity index (χ3n) is 5.44. The van der Waals surface area contributed by atoms with Crippen molar-refractivity contribution in [2.24, 2.45) is 5.73 Å². The maximum atomic E-state index is 14.6. The molecule has 2 amide bonds. The summed E-state index contributed by atoms with van der Waals surface area (Å²) in [6.45, 7) is 4.49. The van der Waals surface area contributed by atoms with Crippen LogP contribution in [-0.2, 0) is 10.5 Å². The van der Waals surface area contributed by atoms with E-state index < -0.39 is 35.4 Å². The second kappa shape index (κ2) is 10.8. The molecule has 0 fully saturated rings. The van der Waals surface area contributed by atoms with Gasteiger partial charge in [-0.25, -0.2) is 4.39 Å². The maximum absolute atomic E-state index is 14.6. The molecule has 0 radical (unpaired) electrons. The first-order valence-corrected chi connectivity index (χ1v) is 10.9. The van der Waals surface area contributed by atoms with Crippen LogP contribution >= 0.6 is 0 Å². The van der Waals surface area contributed by atoms with Crippen LogP contribution in [0.4, 0.5) is 42.1 Å². The Morgan fingerprint density at radius 1 is 0.944 bits per heavy atom. The van der Waals surface area contributed by atoms with Crippen LogP contribution in [-0.4, -0.2) is 37.3 Å². The zero-order chi connectivity index (χ0) is 27.5. The molecule has 3 N–H and O–H groups in total. The number of alkyl halides is 7. The minimum Gasteiger partial charge on any atom is -0.385 e. The monoisotopic (exact) mass is 521 g/mol. The summed E-state index contributed by atoms with van der Waals surface area (Å²) in [5.74, 6) is -1.08. The summed E-state index contributed by atoms with van der Waals surface area (Å²) in [5, 5.41) is 2.93. The number of hydrogen-bond acceptors (Lipinski definition) is 3. The van der Waals surface area contributed by atoms with E-state index in [1.807, 2.05) is 0 Å². The average Bonchev–Trinajstić information content (AvgIpc) is 2.75. The van der Waals surface area contributed by atoms with Crippen molar-refractivity contribution >= 4 is 23.2 Å². The van der Waals surface area contributed by atoms with Gasteiger partial charge in [0, 0.05) is 42.0 Å². The molecule has 198 valence electrons. The number of carbonyl (C=O) groups is 2. The summed E-state index contributed by atoms with van der Waals surface area (Å²) in [7, 11) is 0. The van der Waals surface area contributed by atoms with Gasteiger partial charge in [-0.05, 0) is 49.6 Å². The van der Waals surface area contributed by atoms with Crippen molar-refractivity contribution in [2.75, 3.05) is 23.3 Å². The fourth-order valence-electron chi connectivity index (χ4n) is 3.86. The Hall–Kier alpha value is -3.31. The lowest BCUT2D eigenvalue weighted by Crippen LogP contribution is -2.50. The van der Waals surface area contributed by atoms with Gasteiger partial charge in [-0.2, -0.15) is 26.3 Å². The van der Waals surface area contributed by atoms with Crippen LogP contribution in [0.25, 0.3) is 0 Å². The van der Waals surface area contributed by atoms with E-state index in [0.717, 1.165) is 0 Å². The van der Waals surface area contributed by atoms with Crippen molar-refractivity contribution in [1.82, 2.24) is 0 Å². The van der Waals surface area contributed by atoms with Crippen LogP contribution in [0.15, 0.2) is 36.4 Å². The number of nitrogens with one attached hydrogen (secondary N) is 1. The molecule has 0 aliphatic heterocycles. The Morgan fingerprint density at radius 2 is 1.50 bits per heavy atom. The molecule has 2 aromatic carbocycles. The topological polar surface area (TPSA) is 75.4 Å². The van der Waals surface area contributed by atoms with Crippen LogP contribution in [0.2, 0.25) is 0 Å². The summed E-state index contributed by atoms with van der Waals surface area (Å²) in [4.78, 5) is 25.5. The highest BCUT2D eigenvalue weighted by Crippen LogP contribution is 2.54. The summed E-state index contributed by atoms with van der Waals surface area (Å²) < 4.78 is 94.2. The Kier molecular flexibility index (Phi) is 8.64. The van der Waals surface area contributed by atoms with Crippen LogP contribution in [0.5, 0.6) is 0 Å². The molecule has 2 aromatic rings. The predicted molar refractivity (Wildman–Crippen MR) is 122 cm³/mol. The summed E-state index contributed by atoms with van der Waals surface area (Å²) in [6, 6.07) is 7.13. The van der Waals surface area contributed by atoms with Crippen LogP contribution in [0.1, 0.15) is 46.8 Å². The molecule has 0 heterocycles. The molecule has 5 nitrogen and oxygen atoms in total. The van der Waals surface area contributed by atoms with Crippen molar-refractivity contribution in [2.45, 2.75) is 51.6 Å². The van der Waals surface area contributed by atoms with E-state index in [2.05, 4.69) is 5.32 Å². The van der Waals surface area contributed by atoms with Gasteiger partial charge < -0.3 is 16.0 Å². The molecule has 0 aromatic heterocycles. The fraction of sp³-hybridized carbons (Fsp3) is 0.417. The second-order valence-electron chi connectivity index (χ2n) is 8.29. The van der Waals surface area contributed by atoms with Crippen molar-refractivity contribution in [1.29, 1.82) is 0 Å². The Morgan fingerprint density at radius 3 is 1.97 bits per heavy atom. The number of hydrogen-bond donors (Lipinski definition) is 2. The Bertz CT molecular complexity index is 1080. The van der Waals surface area contributed by atoms with Crippen LogP contribution in [0.3, 0.4) is 0 Å². The van der Waals surface area contributed by atoms with Crippen LogP contribution in [0, 0.1) is 13.8 Å². The number of halogens is 7. The first kappa shape index (κ1) is 28.9. The van der Waals surface area contributed by atoms with E-state index in [4.69, 9.17) is 5.73 Å². The van der Waals surface area contributed by atoms with E-state index in [-0.39, 0.29) is 41.9 Å². The van der Waals surface area contributed by atoms with Gasteiger partial charge in [0.25, 0.3) is 5.91 Å². The van der Waals surface area contributed by atoms with Gasteiger partial charge in [0.15, 0.2) is 0 Å². The molecule has 0 aliphatic rings. The molecule has 0 unspecified atom stereocenters. The van der Waals surface area contributed by atoms with E-state index in [9.17, 15) is 40.3 Å². The zero-order valence-corrected chi connectivity index (χ0v) is 19.8. The molecule has 2 rings (SSSR count).